The van der Waals surface area contributed by atoms with Crippen molar-refractivity contribution >= 4 is 29.8 Å². The SMILES string of the molecule is CCOC(=O)c1cn(-c2ccc(C=Cc3ccoc3)cc2)nc1N(C(=O)C1CCC(C)CC1)C(C)C. The van der Waals surface area contributed by atoms with Crippen molar-refractivity contribution in [3.05, 3.63) is 65.7 Å². The van der Waals surface area contributed by atoms with Crippen LogP contribution in [0.1, 0.15) is 74.9 Å². The van der Waals surface area contributed by atoms with Crippen LogP contribution in [0.4, 0.5) is 5.82 Å². The van der Waals surface area contributed by atoms with E-state index in [2.05, 4.69) is 6.92 Å². The third-order valence-electron chi connectivity index (χ3n) is 6.71. The molecule has 1 aliphatic carbocycles. The Labute approximate surface area is 212 Å². The van der Waals surface area contributed by atoms with E-state index in [0.29, 0.717) is 17.3 Å². The monoisotopic (exact) mass is 489 g/mol. The number of ether oxygens (including phenoxy) is 1. The molecule has 1 aromatic carbocycles. The summed E-state index contributed by atoms with van der Waals surface area (Å²) in [5.41, 5.74) is 3.09. The van der Waals surface area contributed by atoms with Crippen LogP contribution in [0.2, 0.25) is 0 Å². The van der Waals surface area contributed by atoms with Crippen molar-refractivity contribution in [2.24, 2.45) is 11.8 Å². The molecular weight excluding hydrogens is 454 g/mol. The molecule has 0 radical (unpaired) electrons. The summed E-state index contributed by atoms with van der Waals surface area (Å²) >= 11 is 0. The summed E-state index contributed by atoms with van der Waals surface area (Å²) in [6.07, 6.45) is 12.8. The average molecular weight is 490 g/mol. The van der Waals surface area contributed by atoms with Crippen LogP contribution in [0.3, 0.4) is 0 Å². The summed E-state index contributed by atoms with van der Waals surface area (Å²) in [6, 6.07) is 9.57. The summed E-state index contributed by atoms with van der Waals surface area (Å²) in [5, 5.41) is 4.74. The predicted octanol–water partition coefficient (Wildman–Crippen LogP) is 6.38. The van der Waals surface area contributed by atoms with Crippen molar-refractivity contribution in [3.8, 4) is 5.69 Å². The van der Waals surface area contributed by atoms with Crippen LogP contribution in [0.25, 0.3) is 17.8 Å². The van der Waals surface area contributed by atoms with Gasteiger partial charge in [-0.15, -0.1) is 5.10 Å². The minimum Gasteiger partial charge on any atom is -0.472 e. The van der Waals surface area contributed by atoms with Gasteiger partial charge in [-0.25, -0.2) is 9.48 Å². The normalized spacial score (nSPS) is 18.0. The van der Waals surface area contributed by atoms with E-state index in [1.54, 1.807) is 35.2 Å². The molecule has 1 saturated carbocycles. The van der Waals surface area contributed by atoms with Gasteiger partial charge in [0.15, 0.2) is 5.82 Å². The Morgan fingerprint density at radius 3 is 2.42 bits per heavy atom. The number of rotatable bonds is 8. The fourth-order valence-electron chi connectivity index (χ4n) is 4.64. The fraction of sp³-hybridized carbons (Fsp3) is 0.414. The van der Waals surface area contributed by atoms with Gasteiger partial charge in [0.05, 0.1) is 24.8 Å². The summed E-state index contributed by atoms with van der Waals surface area (Å²) in [4.78, 5) is 28.2. The molecule has 2 aromatic heterocycles. The Morgan fingerprint density at radius 2 is 1.81 bits per heavy atom. The zero-order valence-electron chi connectivity index (χ0n) is 21.5. The van der Waals surface area contributed by atoms with Gasteiger partial charge in [-0.1, -0.05) is 31.2 Å². The van der Waals surface area contributed by atoms with E-state index in [9.17, 15) is 9.59 Å². The maximum absolute atomic E-state index is 13.6. The quantitative estimate of drug-likeness (QED) is 0.343. The lowest BCUT2D eigenvalue weighted by atomic mass is 9.82. The molecule has 4 rings (SSSR count). The highest BCUT2D eigenvalue weighted by Crippen LogP contribution is 2.33. The van der Waals surface area contributed by atoms with E-state index >= 15 is 0 Å². The number of amides is 1. The van der Waals surface area contributed by atoms with Crippen LogP contribution in [0, 0.1) is 11.8 Å². The Morgan fingerprint density at radius 1 is 1.11 bits per heavy atom. The number of hydrogen-bond donors (Lipinski definition) is 0. The molecule has 0 bridgehead atoms. The molecular formula is C29H35N3O4. The first-order valence-electron chi connectivity index (χ1n) is 12.8. The second-order valence-electron chi connectivity index (χ2n) is 9.77. The minimum absolute atomic E-state index is 0.0347. The number of anilines is 1. The Hall–Kier alpha value is -3.61. The number of hydrogen-bond acceptors (Lipinski definition) is 5. The third-order valence-corrected chi connectivity index (χ3v) is 6.71. The number of esters is 1. The van der Waals surface area contributed by atoms with E-state index in [4.69, 9.17) is 14.3 Å². The van der Waals surface area contributed by atoms with Crippen LogP contribution in [0.5, 0.6) is 0 Å². The molecule has 0 aliphatic heterocycles. The molecule has 0 unspecified atom stereocenters. The van der Waals surface area contributed by atoms with Crippen molar-refractivity contribution in [2.45, 2.75) is 59.4 Å². The first-order chi connectivity index (χ1) is 17.4. The molecule has 0 atom stereocenters. The molecule has 36 heavy (non-hydrogen) atoms. The van der Waals surface area contributed by atoms with Crippen LogP contribution >= 0.6 is 0 Å². The van der Waals surface area contributed by atoms with Crippen LogP contribution in [-0.2, 0) is 9.53 Å². The molecule has 0 N–H and O–H groups in total. The van der Waals surface area contributed by atoms with Gasteiger partial charge in [-0.05, 0) is 76.1 Å². The predicted molar refractivity (Wildman–Crippen MR) is 141 cm³/mol. The maximum Gasteiger partial charge on any atom is 0.343 e. The molecule has 1 fully saturated rings. The molecule has 3 aromatic rings. The zero-order chi connectivity index (χ0) is 25.7. The lowest BCUT2D eigenvalue weighted by Gasteiger charge is -2.32. The van der Waals surface area contributed by atoms with Gasteiger partial charge >= 0.3 is 5.97 Å². The summed E-state index contributed by atoms with van der Waals surface area (Å²) in [5.74, 6) is 0.510. The zero-order valence-corrected chi connectivity index (χ0v) is 21.5. The average Bonchev–Trinajstić information content (AvgIpc) is 3.54. The molecule has 2 heterocycles. The van der Waals surface area contributed by atoms with Crippen LogP contribution in [-0.4, -0.2) is 34.3 Å². The van der Waals surface area contributed by atoms with Gasteiger partial charge in [0.1, 0.15) is 5.56 Å². The lowest BCUT2D eigenvalue weighted by Crippen LogP contribution is -2.43. The first kappa shape index (κ1) is 25.5. The molecule has 7 nitrogen and oxygen atoms in total. The van der Waals surface area contributed by atoms with E-state index in [1.807, 2.05) is 56.3 Å². The molecule has 1 amide bonds. The number of benzene rings is 1. The van der Waals surface area contributed by atoms with E-state index in [1.165, 1.54) is 0 Å². The third kappa shape index (κ3) is 5.78. The molecule has 7 heteroatoms. The highest BCUT2D eigenvalue weighted by atomic mass is 16.5. The highest BCUT2D eigenvalue weighted by molar-refractivity contribution is 6.02. The van der Waals surface area contributed by atoms with Crippen LogP contribution < -0.4 is 4.90 Å². The number of aromatic nitrogens is 2. The number of nitrogens with zero attached hydrogens (tertiary/aromatic N) is 3. The van der Waals surface area contributed by atoms with Crippen LogP contribution in [0.15, 0.2) is 53.5 Å². The van der Waals surface area contributed by atoms with Crippen molar-refractivity contribution in [1.29, 1.82) is 0 Å². The fourth-order valence-corrected chi connectivity index (χ4v) is 4.64. The molecule has 1 aliphatic rings. The highest BCUT2D eigenvalue weighted by Gasteiger charge is 2.34. The van der Waals surface area contributed by atoms with Gasteiger partial charge < -0.3 is 9.15 Å². The maximum atomic E-state index is 13.6. The first-order valence-corrected chi connectivity index (χ1v) is 12.8. The van der Waals surface area contributed by atoms with Gasteiger partial charge in [0, 0.05) is 23.7 Å². The number of carbonyl (C=O) groups is 2. The largest absolute Gasteiger partial charge is 0.472 e. The second kappa shape index (κ2) is 11.4. The summed E-state index contributed by atoms with van der Waals surface area (Å²) < 4.78 is 12.1. The van der Waals surface area contributed by atoms with Crippen molar-refractivity contribution in [2.75, 3.05) is 11.5 Å². The standard InChI is InChI=1S/C29H35N3O4/c1-5-36-29(34)26-18-31(25-14-10-22(11-15-25)8-9-23-16-17-35-19-23)30-27(26)32(20(2)3)28(33)24-12-6-21(4)7-13-24/h8-11,14-21,24H,5-7,12-13H2,1-4H3. The number of furan rings is 1. The Bertz CT molecular complexity index is 1180. The second-order valence-corrected chi connectivity index (χ2v) is 9.77. The molecule has 190 valence electrons. The minimum atomic E-state index is -0.478. The summed E-state index contributed by atoms with van der Waals surface area (Å²) in [7, 11) is 0. The Kier molecular flexibility index (Phi) is 8.08. The smallest absolute Gasteiger partial charge is 0.343 e. The number of carbonyl (C=O) groups excluding carboxylic acids is 2. The molecule has 0 saturated heterocycles. The van der Waals surface area contributed by atoms with Crippen molar-refractivity contribution in [1.82, 2.24) is 9.78 Å². The van der Waals surface area contributed by atoms with Crippen molar-refractivity contribution in [3.63, 3.8) is 0 Å². The van der Waals surface area contributed by atoms with E-state index in [0.717, 1.165) is 42.5 Å². The lowest BCUT2D eigenvalue weighted by molar-refractivity contribution is -0.124. The summed E-state index contributed by atoms with van der Waals surface area (Å²) in [6.45, 7) is 8.17. The Balaban J connectivity index is 1.65. The van der Waals surface area contributed by atoms with E-state index < -0.39 is 5.97 Å². The molecule has 0 spiro atoms. The van der Waals surface area contributed by atoms with Crippen molar-refractivity contribution < 1.29 is 18.7 Å². The topological polar surface area (TPSA) is 77.6 Å². The van der Waals surface area contributed by atoms with Gasteiger partial charge in [-0.2, -0.15) is 0 Å². The van der Waals surface area contributed by atoms with E-state index in [-0.39, 0.29) is 24.5 Å². The van der Waals surface area contributed by atoms with Gasteiger partial charge in [0.2, 0.25) is 5.91 Å². The van der Waals surface area contributed by atoms with Gasteiger partial charge in [-0.3, -0.25) is 9.69 Å². The van der Waals surface area contributed by atoms with Gasteiger partial charge in [0.25, 0.3) is 0 Å².